The summed E-state index contributed by atoms with van der Waals surface area (Å²) in [5.74, 6) is 0.416. The van der Waals surface area contributed by atoms with Crippen LogP contribution in [0.15, 0.2) is 62.8 Å². The molecule has 4 aromatic rings. The molecule has 0 spiro atoms. The van der Waals surface area contributed by atoms with Crippen LogP contribution in [0.5, 0.6) is 0 Å². The largest absolute Gasteiger partial charge is 0.463 e. The van der Waals surface area contributed by atoms with Crippen LogP contribution in [0.1, 0.15) is 28.0 Å². The minimum Gasteiger partial charge on any atom is -0.463 e. The first kappa shape index (κ1) is 24.3. The first-order valence-electron chi connectivity index (χ1n) is 12.2. The number of ether oxygens (including phenoxy) is 1. The van der Waals surface area contributed by atoms with Gasteiger partial charge in [-0.3, -0.25) is 14.6 Å². The van der Waals surface area contributed by atoms with Crippen molar-refractivity contribution >= 4 is 21.7 Å². The average Bonchev–Trinajstić information content (AvgIpc) is 3.70. The Balaban J connectivity index is 1.30. The molecular weight excluding hydrogens is 512 g/mol. The molecule has 3 aromatic heterocycles. The van der Waals surface area contributed by atoms with Gasteiger partial charge in [0, 0.05) is 30.3 Å². The van der Waals surface area contributed by atoms with Gasteiger partial charge in [0.05, 0.1) is 30.1 Å². The highest BCUT2D eigenvalue weighted by atomic mass is 32.2. The van der Waals surface area contributed by atoms with Gasteiger partial charge in [-0.25, -0.2) is 13.4 Å². The Bertz CT molecular complexity index is 1650. The number of aromatic nitrogens is 4. The van der Waals surface area contributed by atoms with Gasteiger partial charge in [0.15, 0.2) is 5.76 Å². The molecule has 2 N–H and O–H groups in total. The molecule has 196 valence electrons. The molecule has 2 aliphatic rings. The average molecular weight is 537 g/mol. The molecule has 1 amide bonds. The van der Waals surface area contributed by atoms with E-state index in [0.29, 0.717) is 48.8 Å². The number of amides is 1. The normalized spacial score (nSPS) is 15.9. The summed E-state index contributed by atoms with van der Waals surface area (Å²) in [6.07, 6.45) is 3.73. The Hall–Kier alpha value is -4.07. The lowest BCUT2D eigenvalue weighted by molar-refractivity contribution is 0.0730. The third-order valence-electron chi connectivity index (χ3n) is 6.58. The van der Waals surface area contributed by atoms with Crippen LogP contribution in [-0.2, 0) is 27.6 Å². The number of hydrogen-bond donors (Lipinski definition) is 2. The van der Waals surface area contributed by atoms with Gasteiger partial charge in [-0.2, -0.15) is 14.1 Å². The Morgan fingerprint density at radius 1 is 1.08 bits per heavy atom. The number of aromatic amines is 1. The number of carbonyl (C=O) groups is 1. The first-order valence-corrected chi connectivity index (χ1v) is 13.6. The van der Waals surface area contributed by atoms with Crippen molar-refractivity contribution in [2.24, 2.45) is 0 Å². The van der Waals surface area contributed by atoms with Gasteiger partial charge in [-0.05, 0) is 55.7 Å². The Morgan fingerprint density at radius 2 is 1.87 bits per heavy atom. The van der Waals surface area contributed by atoms with Crippen molar-refractivity contribution < 1.29 is 22.4 Å². The summed E-state index contributed by atoms with van der Waals surface area (Å²) in [6, 6.07) is 10.8. The molecule has 38 heavy (non-hydrogen) atoms. The van der Waals surface area contributed by atoms with Crippen molar-refractivity contribution in [3.63, 3.8) is 0 Å². The van der Waals surface area contributed by atoms with E-state index in [2.05, 4.69) is 20.4 Å². The van der Waals surface area contributed by atoms with Crippen molar-refractivity contribution in [1.29, 1.82) is 0 Å². The highest BCUT2D eigenvalue weighted by Gasteiger charge is 2.27. The number of furan rings is 1. The summed E-state index contributed by atoms with van der Waals surface area (Å²) >= 11 is 0. The third kappa shape index (κ3) is 4.44. The highest BCUT2D eigenvalue weighted by Crippen LogP contribution is 2.26. The molecule has 1 saturated heterocycles. The Kier molecular flexibility index (Phi) is 6.18. The van der Waals surface area contributed by atoms with Gasteiger partial charge >= 0.3 is 0 Å². The predicted octanol–water partition coefficient (Wildman–Crippen LogP) is 1.98. The lowest BCUT2D eigenvalue weighted by Gasteiger charge is -2.26. The fourth-order valence-electron chi connectivity index (χ4n) is 4.61. The molecule has 1 fully saturated rings. The number of aryl methyl sites for hydroxylation is 1. The second kappa shape index (κ2) is 9.67. The zero-order valence-corrected chi connectivity index (χ0v) is 21.0. The maximum atomic E-state index is 13.2. The molecule has 0 bridgehead atoms. The van der Waals surface area contributed by atoms with Crippen LogP contribution in [-0.4, -0.2) is 64.7 Å². The van der Waals surface area contributed by atoms with Crippen LogP contribution in [0.3, 0.4) is 0 Å². The fourth-order valence-corrected chi connectivity index (χ4v) is 6.02. The van der Waals surface area contributed by atoms with E-state index in [4.69, 9.17) is 9.15 Å². The number of H-pyrrole nitrogens is 1. The number of hydrogen-bond acceptors (Lipinski definition) is 8. The Morgan fingerprint density at radius 3 is 2.61 bits per heavy atom. The van der Waals surface area contributed by atoms with Gasteiger partial charge in [0.25, 0.3) is 11.5 Å². The molecule has 1 aliphatic heterocycles. The summed E-state index contributed by atoms with van der Waals surface area (Å²) in [7, 11) is -3.68. The van der Waals surface area contributed by atoms with E-state index in [0.717, 1.165) is 6.42 Å². The zero-order valence-electron chi connectivity index (χ0n) is 20.2. The fraction of sp³-hybridized carbons (Fsp3) is 0.280. The number of morpholine rings is 1. The van der Waals surface area contributed by atoms with E-state index < -0.39 is 15.9 Å². The minimum absolute atomic E-state index is 0.0982. The van der Waals surface area contributed by atoms with E-state index in [1.165, 1.54) is 39.5 Å². The highest BCUT2D eigenvalue weighted by molar-refractivity contribution is 7.89. The summed E-state index contributed by atoms with van der Waals surface area (Å²) < 4.78 is 39.2. The lowest BCUT2D eigenvalue weighted by Crippen LogP contribution is -2.40. The monoisotopic (exact) mass is 536 g/mol. The number of fused-ring (bicyclic) bond motifs is 1. The summed E-state index contributed by atoms with van der Waals surface area (Å²) in [5.41, 5.74) is 1.83. The molecule has 1 aromatic carbocycles. The van der Waals surface area contributed by atoms with Crippen LogP contribution in [0.25, 0.3) is 17.4 Å². The second-order valence-electron chi connectivity index (χ2n) is 8.97. The summed E-state index contributed by atoms with van der Waals surface area (Å²) in [5, 5.41) is 7.31. The van der Waals surface area contributed by atoms with E-state index >= 15 is 0 Å². The van der Waals surface area contributed by atoms with Crippen molar-refractivity contribution in [1.82, 2.24) is 24.1 Å². The third-order valence-corrected chi connectivity index (χ3v) is 8.49. The van der Waals surface area contributed by atoms with E-state index in [1.54, 1.807) is 18.2 Å². The number of benzene rings is 1. The van der Waals surface area contributed by atoms with Gasteiger partial charge in [-0.1, -0.05) is 0 Å². The minimum atomic E-state index is -3.68. The number of sulfonamides is 1. The summed E-state index contributed by atoms with van der Waals surface area (Å²) in [6.45, 7) is 1.26. The van der Waals surface area contributed by atoms with Crippen molar-refractivity contribution in [3.8, 4) is 17.4 Å². The number of nitrogens with one attached hydrogen (secondary N) is 2. The van der Waals surface area contributed by atoms with E-state index in [1.807, 2.05) is 0 Å². The molecule has 0 radical (unpaired) electrons. The summed E-state index contributed by atoms with van der Waals surface area (Å²) in [4.78, 5) is 33.2. The molecule has 6 rings (SSSR count). The first-order chi connectivity index (χ1) is 18.4. The Labute approximate surface area is 217 Å². The van der Waals surface area contributed by atoms with Crippen molar-refractivity contribution in [3.05, 3.63) is 75.9 Å². The van der Waals surface area contributed by atoms with Crippen LogP contribution in [0, 0.1) is 0 Å². The zero-order chi connectivity index (χ0) is 26.3. The van der Waals surface area contributed by atoms with Gasteiger partial charge in [-0.15, -0.1) is 0 Å². The molecular formula is C25H24N6O6S. The molecule has 13 heteroatoms. The topological polar surface area (TPSA) is 152 Å². The van der Waals surface area contributed by atoms with Gasteiger partial charge < -0.3 is 14.5 Å². The number of rotatable bonds is 6. The predicted molar refractivity (Wildman–Crippen MR) is 136 cm³/mol. The van der Waals surface area contributed by atoms with E-state index in [9.17, 15) is 18.0 Å². The molecule has 0 unspecified atom stereocenters. The molecule has 0 saturated carbocycles. The number of nitrogens with zero attached hydrogens (tertiary/aromatic N) is 4. The van der Waals surface area contributed by atoms with Crippen LogP contribution < -0.4 is 10.9 Å². The van der Waals surface area contributed by atoms with Crippen LogP contribution in [0.2, 0.25) is 0 Å². The molecule has 1 aliphatic carbocycles. The molecule has 4 heterocycles. The maximum absolute atomic E-state index is 13.2. The quantitative estimate of drug-likeness (QED) is 0.379. The molecule has 0 atom stereocenters. The van der Waals surface area contributed by atoms with Crippen LogP contribution >= 0.6 is 0 Å². The smallest absolute Gasteiger partial charge is 0.256 e. The van der Waals surface area contributed by atoms with Crippen molar-refractivity contribution in [2.45, 2.75) is 24.2 Å². The lowest BCUT2D eigenvalue weighted by atomic mass is 10.2. The van der Waals surface area contributed by atoms with E-state index in [-0.39, 0.29) is 40.9 Å². The van der Waals surface area contributed by atoms with Crippen LogP contribution in [0.4, 0.5) is 5.82 Å². The number of carbonyl (C=O) groups excluding carboxylic acids is 1. The van der Waals surface area contributed by atoms with Gasteiger partial charge in [0.2, 0.25) is 16.0 Å². The maximum Gasteiger partial charge on any atom is 0.256 e. The van der Waals surface area contributed by atoms with Crippen molar-refractivity contribution in [2.75, 3.05) is 31.6 Å². The number of anilines is 1. The van der Waals surface area contributed by atoms with Gasteiger partial charge in [0.1, 0.15) is 11.5 Å². The standard InChI is InChI=1S/C25H24N6O6S/c32-23(16-6-8-17(9-7-16)38(34,35)30-10-13-36-14-11-30)27-22-15-20(21-5-2-12-37-21)29-31(22)25-26-19-4-1-3-18(19)24(33)28-25/h2,5-9,12,15H,1,3-4,10-11,13-14H2,(H,27,32)(H,26,28,33). The second-order valence-corrected chi connectivity index (χ2v) is 10.9. The SMILES string of the molecule is O=C(Nc1cc(-c2ccco2)nn1-c1nc2c(c(=O)[nH]1)CCC2)c1ccc(S(=O)(=O)N2CCOCC2)cc1. The molecule has 12 nitrogen and oxygen atoms in total.